The molecule has 2 heterocycles. The van der Waals surface area contributed by atoms with Crippen LogP contribution in [0.1, 0.15) is 24.3 Å². The fourth-order valence-corrected chi connectivity index (χ4v) is 2.59. The molecule has 1 unspecified atom stereocenters. The van der Waals surface area contributed by atoms with Gasteiger partial charge in [0.05, 0.1) is 6.54 Å². The van der Waals surface area contributed by atoms with Gasteiger partial charge in [0.1, 0.15) is 5.01 Å². The predicted molar refractivity (Wildman–Crippen MR) is 78.7 cm³/mol. The van der Waals surface area contributed by atoms with E-state index < -0.39 is 0 Å². The molecule has 0 aromatic carbocycles. The van der Waals surface area contributed by atoms with Crippen molar-refractivity contribution in [1.29, 1.82) is 0 Å². The summed E-state index contributed by atoms with van der Waals surface area (Å²) in [5, 5.41) is 6.27. The minimum Gasteiger partial charge on any atom is -0.339 e. The fourth-order valence-electron chi connectivity index (χ4n) is 1.92. The molecule has 0 spiro atoms. The standard InChI is InChI=1S/C11H17N3OS.2ClH/c1-14(8-10-13-5-6-16-10)11(15)7-9-3-2-4-12-9;;/h5-6,9,12H,2-4,7-8H2,1H3;2*1H. The molecular formula is C11H19Cl2N3OS. The highest BCUT2D eigenvalue weighted by Gasteiger charge is 2.20. The number of nitrogens with one attached hydrogen (secondary N) is 1. The van der Waals surface area contributed by atoms with E-state index in [0.717, 1.165) is 18.0 Å². The van der Waals surface area contributed by atoms with E-state index in [1.807, 2.05) is 12.4 Å². The molecule has 7 heteroatoms. The van der Waals surface area contributed by atoms with Crippen LogP contribution in [-0.4, -0.2) is 35.4 Å². The minimum atomic E-state index is 0. The third-order valence-electron chi connectivity index (χ3n) is 2.87. The molecule has 18 heavy (non-hydrogen) atoms. The Bertz CT molecular complexity index is 342. The molecular weight excluding hydrogens is 293 g/mol. The van der Waals surface area contributed by atoms with Crippen molar-refractivity contribution in [3.63, 3.8) is 0 Å². The molecule has 1 aliphatic heterocycles. The smallest absolute Gasteiger partial charge is 0.224 e. The Kier molecular flexibility index (Phi) is 8.52. The molecule has 1 N–H and O–H groups in total. The fraction of sp³-hybridized carbons (Fsp3) is 0.636. The van der Waals surface area contributed by atoms with Gasteiger partial charge in [0.25, 0.3) is 0 Å². The molecule has 1 fully saturated rings. The van der Waals surface area contributed by atoms with Gasteiger partial charge in [0, 0.05) is 31.1 Å². The summed E-state index contributed by atoms with van der Waals surface area (Å²) in [4.78, 5) is 17.8. The van der Waals surface area contributed by atoms with Gasteiger partial charge in [-0.3, -0.25) is 4.79 Å². The molecule has 1 saturated heterocycles. The summed E-state index contributed by atoms with van der Waals surface area (Å²) in [7, 11) is 1.85. The van der Waals surface area contributed by atoms with Crippen LogP contribution in [0.4, 0.5) is 0 Å². The SMILES string of the molecule is CN(Cc1nccs1)C(=O)CC1CCCN1.Cl.Cl. The lowest BCUT2D eigenvalue weighted by molar-refractivity contribution is -0.130. The Hall–Kier alpha value is -0.360. The van der Waals surface area contributed by atoms with Crippen molar-refractivity contribution in [2.75, 3.05) is 13.6 Å². The van der Waals surface area contributed by atoms with E-state index in [1.54, 1.807) is 22.4 Å². The molecule has 2 rings (SSSR count). The molecule has 1 amide bonds. The highest BCUT2D eigenvalue weighted by molar-refractivity contribution is 7.09. The topological polar surface area (TPSA) is 45.2 Å². The number of amides is 1. The van der Waals surface area contributed by atoms with Gasteiger partial charge in [-0.05, 0) is 19.4 Å². The Balaban J connectivity index is 0.00000144. The summed E-state index contributed by atoms with van der Waals surface area (Å²) in [5.41, 5.74) is 0. The van der Waals surface area contributed by atoms with Gasteiger partial charge in [-0.1, -0.05) is 0 Å². The van der Waals surface area contributed by atoms with Crippen molar-refractivity contribution < 1.29 is 4.79 Å². The van der Waals surface area contributed by atoms with Gasteiger partial charge < -0.3 is 10.2 Å². The zero-order chi connectivity index (χ0) is 11.4. The van der Waals surface area contributed by atoms with Crippen LogP contribution in [0, 0.1) is 0 Å². The lowest BCUT2D eigenvalue weighted by atomic mass is 10.1. The van der Waals surface area contributed by atoms with E-state index in [2.05, 4.69) is 10.3 Å². The molecule has 4 nitrogen and oxygen atoms in total. The van der Waals surface area contributed by atoms with Crippen LogP contribution in [0.2, 0.25) is 0 Å². The van der Waals surface area contributed by atoms with Crippen molar-refractivity contribution in [1.82, 2.24) is 15.2 Å². The van der Waals surface area contributed by atoms with Crippen LogP contribution in [-0.2, 0) is 11.3 Å². The lowest BCUT2D eigenvalue weighted by Crippen LogP contribution is -2.33. The van der Waals surface area contributed by atoms with Gasteiger partial charge in [-0.15, -0.1) is 36.2 Å². The maximum atomic E-state index is 11.9. The first-order valence-electron chi connectivity index (χ1n) is 5.61. The number of hydrogen-bond acceptors (Lipinski definition) is 4. The quantitative estimate of drug-likeness (QED) is 0.926. The number of carbonyl (C=O) groups excluding carboxylic acids is 1. The zero-order valence-electron chi connectivity index (χ0n) is 10.3. The summed E-state index contributed by atoms with van der Waals surface area (Å²) in [6.45, 7) is 1.68. The van der Waals surface area contributed by atoms with Gasteiger partial charge in [0.15, 0.2) is 0 Å². The number of halogens is 2. The normalized spacial score (nSPS) is 17.7. The molecule has 1 atom stereocenters. The van der Waals surface area contributed by atoms with E-state index in [1.165, 1.54) is 6.42 Å². The Morgan fingerprint density at radius 2 is 2.39 bits per heavy atom. The molecule has 0 radical (unpaired) electrons. The van der Waals surface area contributed by atoms with Crippen molar-refractivity contribution >= 4 is 42.1 Å². The molecule has 1 aromatic heterocycles. The van der Waals surface area contributed by atoms with Crippen LogP contribution in [0.15, 0.2) is 11.6 Å². The third kappa shape index (κ3) is 5.10. The average molecular weight is 312 g/mol. The highest BCUT2D eigenvalue weighted by Crippen LogP contribution is 2.12. The first kappa shape index (κ1) is 17.6. The van der Waals surface area contributed by atoms with Gasteiger partial charge in [-0.25, -0.2) is 4.98 Å². The van der Waals surface area contributed by atoms with Crippen molar-refractivity contribution in [2.45, 2.75) is 31.8 Å². The number of hydrogen-bond donors (Lipinski definition) is 1. The zero-order valence-corrected chi connectivity index (χ0v) is 12.7. The van der Waals surface area contributed by atoms with Crippen LogP contribution in [0.5, 0.6) is 0 Å². The molecule has 0 aliphatic carbocycles. The number of thiazole rings is 1. The molecule has 1 aliphatic rings. The molecule has 0 saturated carbocycles. The number of carbonyl (C=O) groups is 1. The van der Waals surface area contributed by atoms with E-state index in [0.29, 0.717) is 19.0 Å². The summed E-state index contributed by atoms with van der Waals surface area (Å²) < 4.78 is 0. The number of nitrogens with zero attached hydrogens (tertiary/aromatic N) is 2. The van der Waals surface area contributed by atoms with Gasteiger partial charge in [-0.2, -0.15) is 0 Å². The van der Waals surface area contributed by atoms with Gasteiger partial charge in [0.2, 0.25) is 5.91 Å². The Morgan fingerprint density at radius 1 is 1.61 bits per heavy atom. The predicted octanol–water partition coefficient (Wildman–Crippen LogP) is 2.09. The largest absolute Gasteiger partial charge is 0.339 e. The molecule has 104 valence electrons. The number of rotatable bonds is 4. The van der Waals surface area contributed by atoms with Crippen LogP contribution >= 0.6 is 36.2 Å². The summed E-state index contributed by atoms with van der Waals surface area (Å²) >= 11 is 1.59. The van der Waals surface area contributed by atoms with Gasteiger partial charge >= 0.3 is 0 Å². The third-order valence-corrected chi connectivity index (χ3v) is 3.63. The van der Waals surface area contributed by atoms with Crippen molar-refractivity contribution in [3.05, 3.63) is 16.6 Å². The first-order chi connectivity index (χ1) is 7.75. The maximum Gasteiger partial charge on any atom is 0.224 e. The Morgan fingerprint density at radius 3 is 2.94 bits per heavy atom. The summed E-state index contributed by atoms with van der Waals surface area (Å²) in [6.07, 6.45) is 4.70. The second-order valence-corrected chi connectivity index (χ2v) is 5.15. The van der Waals surface area contributed by atoms with Crippen LogP contribution in [0.25, 0.3) is 0 Å². The average Bonchev–Trinajstić information content (AvgIpc) is 2.90. The summed E-state index contributed by atoms with van der Waals surface area (Å²) in [6, 6.07) is 0.381. The lowest BCUT2D eigenvalue weighted by Gasteiger charge is -2.18. The van der Waals surface area contributed by atoms with E-state index in [-0.39, 0.29) is 30.7 Å². The van der Waals surface area contributed by atoms with Crippen molar-refractivity contribution in [3.8, 4) is 0 Å². The van der Waals surface area contributed by atoms with E-state index in [9.17, 15) is 4.79 Å². The number of aromatic nitrogens is 1. The second-order valence-electron chi connectivity index (χ2n) is 4.17. The van der Waals surface area contributed by atoms with E-state index >= 15 is 0 Å². The maximum absolute atomic E-state index is 11.9. The van der Waals surface area contributed by atoms with Crippen molar-refractivity contribution in [2.24, 2.45) is 0 Å². The van der Waals surface area contributed by atoms with Crippen LogP contribution in [0.3, 0.4) is 0 Å². The second kappa shape index (κ2) is 8.69. The molecule has 0 bridgehead atoms. The highest BCUT2D eigenvalue weighted by atomic mass is 35.5. The summed E-state index contributed by atoms with van der Waals surface area (Å²) in [5.74, 6) is 0.203. The first-order valence-corrected chi connectivity index (χ1v) is 6.49. The van der Waals surface area contributed by atoms with E-state index in [4.69, 9.17) is 0 Å². The van der Waals surface area contributed by atoms with Crippen LogP contribution < -0.4 is 5.32 Å². The Labute approximate surface area is 124 Å². The molecule has 1 aromatic rings. The monoisotopic (exact) mass is 311 g/mol. The minimum absolute atomic E-state index is 0.